The van der Waals surface area contributed by atoms with Crippen LogP contribution >= 0.6 is 0 Å². The van der Waals surface area contributed by atoms with Crippen molar-refractivity contribution in [1.29, 1.82) is 0 Å². The highest BCUT2D eigenvalue weighted by Gasteiger charge is 2.18. The molecule has 0 spiro atoms. The Bertz CT molecular complexity index is 1130. The molecule has 0 aliphatic carbocycles. The molecule has 0 amide bonds. The minimum absolute atomic E-state index is 0.123. The molecule has 0 saturated carbocycles. The van der Waals surface area contributed by atoms with Crippen LogP contribution in [0.5, 0.6) is 5.75 Å². The molecule has 10 heteroatoms. The quantitative estimate of drug-likeness (QED) is 0.504. The van der Waals surface area contributed by atoms with Crippen molar-refractivity contribution in [2.45, 2.75) is 4.90 Å². The van der Waals surface area contributed by atoms with E-state index in [1.165, 1.54) is 19.2 Å². The number of hydrogen-bond acceptors (Lipinski definition) is 8. The third-order valence-corrected chi connectivity index (χ3v) is 6.57. The largest absolute Gasteiger partial charge is 0.495 e. The second-order valence-electron chi connectivity index (χ2n) is 7.23. The van der Waals surface area contributed by atoms with Gasteiger partial charge in [0, 0.05) is 31.7 Å². The van der Waals surface area contributed by atoms with Crippen LogP contribution in [0.1, 0.15) is 0 Å². The number of nitrogens with zero attached hydrogens (tertiary/aromatic N) is 2. The average Bonchev–Trinajstić information content (AvgIpc) is 3.29. The van der Waals surface area contributed by atoms with E-state index in [1.807, 2.05) is 30.3 Å². The molecule has 1 saturated heterocycles. The smallest absolute Gasteiger partial charge is 0.299 e. The fourth-order valence-corrected chi connectivity index (χ4v) is 4.43. The van der Waals surface area contributed by atoms with Crippen LogP contribution in [-0.4, -0.2) is 64.8 Å². The standard InChI is InChI=1S/C22H26N4O5S/c1-29-20-8-7-18(32(27,28)24-9-10-26-11-13-30-14-12-26)15-19(20)25-22-23-16-21(31-22)17-5-3-2-4-6-17/h2-8,15-16,24H,9-14H2,1H3,(H,23,25). The monoisotopic (exact) mass is 458 g/mol. The molecule has 0 unspecified atom stereocenters. The van der Waals surface area contributed by atoms with Crippen molar-refractivity contribution >= 4 is 21.7 Å². The van der Waals surface area contributed by atoms with Crippen LogP contribution in [-0.2, 0) is 14.8 Å². The molecule has 2 heterocycles. The van der Waals surface area contributed by atoms with Crippen LogP contribution in [0.4, 0.5) is 11.7 Å². The Morgan fingerprint density at radius 1 is 1.12 bits per heavy atom. The Morgan fingerprint density at radius 2 is 1.91 bits per heavy atom. The Kier molecular flexibility index (Phi) is 7.05. The van der Waals surface area contributed by atoms with E-state index in [2.05, 4.69) is 19.9 Å². The number of benzene rings is 2. The van der Waals surface area contributed by atoms with Crippen molar-refractivity contribution in [2.75, 3.05) is 51.8 Å². The van der Waals surface area contributed by atoms with Gasteiger partial charge in [0.15, 0.2) is 5.76 Å². The molecular weight excluding hydrogens is 432 g/mol. The molecule has 170 valence electrons. The van der Waals surface area contributed by atoms with Crippen LogP contribution in [0.2, 0.25) is 0 Å². The van der Waals surface area contributed by atoms with Gasteiger partial charge in [0.1, 0.15) is 5.75 Å². The van der Waals surface area contributed by atoms with Crippen LogP contribution in [0.15, 0.2) is 64.0 Å². The summed E-state index contributed by atoms with van der Waals surface area (Å²) in [6.45, 7) is 3.90. The molecule has 32 heavy (non-hydrogen) atoms. The lowest BCUT2D eigenvalue weighted by Gasteiger charge is -2.26. The second-order valence-corrected chi connectivity index (χ2v) is 9.00. The Labute approximate surface area is 187 Å². The van der Waals surface area contributed by atoms with Gasteiger partial charge in [0.05, 0.1) is 37.1 Å². The Morgan fingerprint density at radius 3 is 2.66 bits per heavy atom. The van der Waals surface area contributed by atoms with E-state index in [9.17, 15) is 8.42 Å². The van der Waals surface area contributed by atoms with Crippen molar-refractivity contribution in [3.05, 3.63) is 54.7 Å². The first-order valence-electron chi connectivity index (χ1n) is 10.3. The number of anilines is 2. The molecule has 2 N–H and O–H groups in total. The molecule has 2 aromatic carbocycles. The maximum atomic E-state index is 12.8. The summed E-state index contributed by atoms with van der Waals surface area (Å²) in [5.41, 5.74) is 1.32. The fraction of sp³-hybridized carbons (Fsp3) is 0.318. The highest BCUT2D eigenvalue weighted by Crippen LogP contribution is 2.31. The first-order valence-corrected chi connectivity index (χ1v) is 11.8. The lowest BCUT2D eigenvalue weighted by atomic mass is 10.2. The molecule has 1 aliphatic rings. The van der Waals surface area contributed by atoms with E-state index in [1.54, 1.807) is 12.3 Å². The molecule has 3 aromatic rings. The average molecular weight is 459 g/mol. The van der Waals surface area contributed by atoms with Crippen LogP contribution in [0, 0.1) is 0 Å². The summed E-state index contributed by atoms with van der Waals surface area (Å²) in [5.74, 6) is 1.07. The third-order valence-electron chi connectivity index (χ3n) is 5.11. The molecule has 1 fully saturated rings. The fourth-order valence-electron chi connectivity index (χ4n) is 3.38. The zero-order chi connectivity index (χ0) is 22.4. The summed E-state index contributed by atoms with van der Waals surface area (Å²) in [5, 5.41) is 3.02. The molecule has 1 aliphatic heterocycles. The normalized spacial score (nSPS) is 14.9. The molecule has 4 rings (SSSR count). The van der Waals surface area contributed by atoms with Gasteiger partial charge < -0.3 is 19.2 Å². The highest BCUT2D eigenvalue weighted by atomic mass is 32.2. The van der Waals surface area contributed by atoms with E-state index >= 15 is 0 Å². The minimum Gasteiger partial charge on any atom is -0.495 e. The van der Waals surface area contributed by atoms with E-state index < -0.39 is 10.0 Å². The minimum atomic E-state index is -3.69. The number of methoxy groups -OCH3 is 1. The molecule has 9 nitrogen and oxygen atoms in total. The zero-order valence-corrected chi connectivity index (χ0v) is 18.6. The van der Waals surface area contributed by atoms with Gasteiger partial charge in [0.25, 0.3) is 6.01 Å². The SMILES string of the molecule is COc1ccc(S(=O)(=O)NCCN2CCOCC2)cc1Nc1ncc(-c2ccccc2)o1. The number of sulfonamides is 1. The van der Waals surface area contributed by atoms with Crippen LogP contribution < -0.4 is 14.8 Å². The van der Waals surface area contributed by atoms with Crippen molar-refractivity contribution < 1.29 is 22.3 Å². The molecule has 0 radical (unpaired) electrons. The van der Waals surface area contributed by atoms with E-state index in [0.29, 0.717) is 43.5 Å². The third kappa shape index (κ3) is 5.46. The number of nitrogens with one attached hydrogen (secondary N) is 2. The number of hydrogen-bond donors (Lipinski definition) is 2. The van der Waals surface area contributed by atoms with Gasteiger partial charge in [-0.1, -0.05) is 30.3 Å². The number of rotatable bonds is 9. The highest BCUT2D eigenvalue weighted by molar-refractivity contribution is 7.89. The number of morpholine rings is 1. The lowest BCUT2D eigenvalue weighted by Crippen LogP contribution is -2.41. The lowest BCUT2D eigenvalue weighted by molar-refractivity contribution is 0.0390. The zero-order valence-electron chi connectivity index (χ0n) is 17.8. The molecule has 0 atom stereocenters. The summed E-state index contributed by atoms with van der Waals surface area (Å²) in [6, 6.07) is 14.4. The van der Waals surface area contributed by atoms with Crippen molar-refractivity contribution in [3.8, 4) is 17.1 Å². The number of ether oxygens (including phenoxy) is 2. The van der Waals surface area contributed by atoms with Gasteiger partial charge in [-0.3, -0.25) is 4.90 Å². The maximum absolute atomic E-state index is 12.8. The van der Waals surface area contributed by atoms with Crippen molar-refractivity contribution in [2.24, 2.45) is 0 Å². The van der Waals surface area contributed by atoms with Crippen molar-refractivity contribution in [1.82, 2.24) is 14.6 Å². The van der Waals surface area contributed by atoms with Crippen LogP contribution in [0.25, 0.3) is 11.3 Å². The first-order chi connectivity index (χ1) is 15.5. The molecule has 0 bridgehead atoms. The first kappa shape index (κ1) is 22.3. The van der Waals surface area contributed by atoms with Gasteiger partial charge >= 0.3 is 0 Å². The predicted octanol–water partition coefficient (Wildman–Crippen LogP) is 2.70. The van der Waals surface area contributed by atoms with Crippen molar-refractivity contribution in [3.63, 3.8) is 0 Å². The Balaban J connectivity index is 1.46. The van der Waals surface area contributed by atoms with Gasteiger partial charge in [-0.05, 0) is 18.2 Å². The summed E-state index contributed by atoms with van der Waals surface area (Å²) in [4.78, 5) is 6.53. The number of aromatic nitrogens is 1. The van der Waals surface area contributed by atoms with Crippen LogP contribution in [0.3, 0.4) is 0 Å². The molecule has 1 aromatic heterocycles. The van der Waals surface area contributed by atoms with E-state index in [4.69, 9.17) is 13.9 Å². The maximum Gasteiger partial charge on any atom is 0.299 e. The van der Waals surface area contributed by atoms with Gasteiger partial charge in [0.2, 0.25) is 10.0 Å². The molecular formula is C22H26N4O5S. The van der Waals surface area contributed by atoms with E-state index in [-0.39, 0.29) is 10.9 Å². The van der Waals surface area contributed by atoms with Gasteiger partial charge in [-0.25, -0.2) is 18.1 Å². The second kappa shape index (κ2) is 10.1. The Hall–Kier alpha value is -2.92. The summed E-state index contributed by atoms with van der Waals surface area (Å²) in [6.07, 6.45) is 1.61. The summed E-state index contributed by atoms with van der Waals surface area (Å²) >= 11 is 0. The van der Waals surface area contributed by atoms with Gasteiger partial charge in [-0.2, -0.15) is 0 Å². The topological polar surface area (TPSA) is 106 Å². The predicted molar refractivity (Wildman–Crippen MR) is 121 cm³/mol. The van der Waals surface area contributed by atoms with E-state index in [0.717, 1.165) is 18.7 Å². The summed E-state index contributed by atoms with van der Waals surface area (Å²) in [7, 11) is -2.18. The summed E-state index contributed by atoms with van der Waals surface area (Å²) < 4.78 is 44.7. The van der Waals surface area contributed by atoms with Gasteiger partial charge in [-0.15, -0.1) is 0 Å². The number of oxazole rings is 1.